The van der Waals surface area contributed by atoms with E-state index in [-0.39, 0.29) is 23.5 Å². The van der Waals surface area contributed by atoms with Gasteiger partial charge in [0.15, 0.2) is 0 Å². The highest BCUT2D eigenvalue weighted by molar-refractivity contribution is 5.82. The van der Waals surface area contributed by atoms with Crippen LogP contribution in [0.4, 0.5) is 0 Å². The van der Waals surface area contributed by atoms with Crippen molar-refractivity contribution in [2.75, 3.05) is 0 Å². The van der Waals surface area contributed by atoms with Crippen LogP contribution in [0.15, 0.2) is 0 Å². The first-order valence-corrected chi connectivity index (χ1v) is 7.11. The van der Waals surface area contributed by atoms with Gasteiger partial charge in [-0.15, -0.1) is 0 Å². The molecule has 0 aromatic rings. The van der Waals surface area contributed by atoms with Crippen LogP contribution in [0.3, 0.4) is 0 Å². The van der Waals surface area contributed by atoms with Crippen molar-refractivity contribution in [3.63, 3.8) is 0 Å². The van der Waals surface area contributed by atoms with Crippen molar-refractivity contribution in [1.82, 2.24) is 5.32 Å². The first-order valence-electron chi connectivity index (χ1n) is 7.11. The van der Waals surface area contributed by atoms with Gasteiger partial charge in [0.25, 0.3) is 0 Å². The lowest BCUT2D eigenvalue weighted by Crippen LogP contribution is -2.50. The standard InChI is InChI=1S/C14H25NO2/c1-14(9-5-2-6-10-14)13(17)15-11-7-3-4-8-12(11)16/h11-12,16H,2-10H2,1H3,(H,15,17). The summed E-state index contributed by atoms with van der Waals surface area (Å²) in [6.07, 6.45) is 9.24. The van der Waals surface area contributed by atoms with Gasteiger partial charge in [0.1, 0.15) is 0 Å². The molecule has 0 saturated heterocycles. The fraction of sp³-hybridized carbons (Fsp3) is 0.929. The lowest BCUT2D eigenvalue weighted by atomic mass is 9.74. The van der Waals surface area contributed by atoms with Gasteiger partial charge in [-0.2, -0.15) is 0 Å². The molecule has 2 rings (SSSR count). The number of aliphatic hydroxyl groups excluding tert-OH is 1. The van der Waals surface area contributed by atoms with E-state index in [0.717, 1.165) is 51.4 Å². The maximum atomic E-state index is 12.3. The summed E-state index contributed by atoms with van der Waals surface area (Å²) in [5.74, 6) is 0.170. The summed E-state index contributed by atoms with van der Waals surface area (Å²) in [4.78, 5) is 12.3. The van der Waals surface area contributed by atoms with Crippen LogP contribution in [-0.4, -0.2) is 23.2 Å². The highest BCUT2D eigenvalue weighted by Gasteiger charge is 2.36. The summed E-state index contributed by atoms with van der Waals surface area (Å²) in [5.41, 5.74) is -0.185. The molecule has 2 atom stereocenters. The summed E-state index contributed by atoms with van der Waals surface area (Å²) in [5, 5.41) is 13.0. The molecule has 17 heavy (non-hydrogen) atoms. The second-order valence-electron chi connectivity index (χ2n) is 6.05. The van der Waals surface area contributed by atoms with Gasteiger partial charge in [0, 0.05) is 5.41 Å². The molecule has 2 unspecified atom stereocenters. The summed E-state index contributed by atoms with van der Waals surface area (Å²) in [7, 11) is 0. The molecule has 0 spiro atoms. The van der Waals surface area contributed by atoms with Crippen molar-refractivity contribution < 1.29 is 9.90 Å². The molecule has 3 heteroatoms. The number of carbonyl (C=O) groups excluding carboxylic acids is 1. The van der Waals surface area contributed by atoms with E-state index >= 15 is 0 Å². The Morgan fingerprint density at radius 2 is 1.76 bits per heavy atom. The maximum Gasteiger partial charge on any atom is 0.226 e. The molecule has 0 aliphatic heterocycles. The van der Waals surface area contributed by atoms with Gasteiger partial charge in [-0.25, -0.2) is 0 Å². The Balaban J connectivity index is 1.90. The van der Waals surface area contributed by atoms with E-state index in [1.807, 2.05) is 0 Å². The van der Waals surface area contributed by atoms with Gasteiger partial charge in [-0.1, -0.05) is 39.0 Å². The predicted octanol–water partition coefficient (Wildman–Crippen LogP) is 2.38. The minimum atomic E-state index is -0.333. The lowest BCUT2D eigenvalue weighted by Gasteiger charge is -2.36. The van der Waals surface area contributed by atoms with E-state index in [4.69, 9.17) is 0 Å². The fourth-order valence-corrected chi connectivity index (χ4v) is 3.18. The van der Waals surface area contributed by atoms with Crippen LogP contribution in [-0.2, 0) is 4.79 Å². The highest BCUT2D eigenvalue weighted by Crippen LogP contribution is 2.36. The van der Waals surface area contributed by atoms with E-state index in [1.165, 1.54) is 6.42 Å². The average molecular weight is 239 g/mol. The number of carbonyl (C=O) groups is 1. The van der Waals surface area contributed by atoms with Gasteiger partial charge in [-0.3, -0.25) is 4.79 Å². The van der Waals surface area contributed by atoms with E-state index in [2.05, 4.69) is 12.2 Å². The Hall–Kier alpha value is -0.570. The second-order valence-corrected chi connectivity index (χ2v) is 6.05. The number of amides is 1. The molecule has 2 fully saturated rings. The first-order chi connectivity index (χ1) is 8.12. The Bertz CT molecular complexity index is 271. The third kappa shape index (κ3) is 3.01. The molecule has 1 amide bonds. The molecule has 3 nitrogen and oxygen atoms in total. The van der Waals surface area contributed by atoms with Crippen LogP contribution in [0.25, 0.3) is 0 Å². The van der Waals surface area contributed by atoms with Crippen molar-refractivity contribution in [2.24, 2.45) is 5.41 Å². The molecule has 0 bridgehead atoms. The van der Waals surface area contributed by atoms with E-state index < -0.39 is 0 Å². The van der Waals surface area contributed by atoms with Gasteiger partial charge in [0.05, 0.1) is 12.1 Å². The van der Waals surface area contributed by atoms with Crippen LogP contribution >= 0.6 is 0 Å². The van der Waals surface area contributed by atoms with Gasteiger partial charge in [-0.05, 0) is 25.7 Å². The topological polar surface area (TPSA) is 49.3 Å². The van der Waals surface area contributed by atoms with E-state index in [9.17, 15) is 9.90 Å². The zero-order chi connectivity index (χ0) is 12.3. The molecule has 0 aromatic carbocycles. The summed E-state index contributed by atoms with van der Waals surface area (Å²) < 4.78 is 0. The molecule has 0 radical (unpaired) electrons. The Kier molecular flexibility index (Phi) is 4.08. The zero-order valence-electron chi connectivity index (χ0n) is 10.9. The molecular formula is C14H25NO2. The Morgan fingerprint density at radius 3 is 2.41 bits per heavy atom. The highest BCUT2D eigenvalue weighted by atomic mass is 16.3. The predicted molar refractivity (Wildman–Crippen MR) is 67.6 cm³/mol. The fourth-order valence-electron chi connectivity index (χ4n) is 3.18. The molecular weight excluding hydrogens is 214 g/mol. The smallest absolute Gasteiger partial charge is 0.226 e. The van der Waals surface area contributed by atoms with E-state index in [1.54, 1.807) is 0 Å². The van der Waals surface area contributed by atoms with Gasteiger partial charge < -0.3 is 10.4 Å². The molecule has 2 aliphatic carbocycles. The molecule has 2 aliphatic rings. The van der Waals surface area contributed by atoms with Crippen LogP contribution in [0.2, 0.25) is 0 Å². The number of hydrogen-bond donors (Lipinski definition) is 2. The lowest BCUT2D eigenvalue weighted by molar-refractivity contribution is -0.133. The third-order valence-electron chi connectivity index (χ3n) is 4.55. The average Bonchev–Trinajstić information content (AvgIpc) is 2.33. The summed E-state index contributed by atoms with van der Waals surface area (Å²) in [6.45, 7) is 2.08. The molecule has 0 heterocycles. The minimum absolute atomic E-state index is 0.00463. The maximum absolute atomic E-state index is 12.3. The quantitative estimate of drug-likeness (QED) is 0.777. The monoisotopic (exact) mass is 239 g/mol. The van der Waals surface area contributed by atoms with E-state index in [0.29, 0.717) is 0 Å². The van der Waals surface area contributed by atoms with Crippen molar-refractivity contribution in [2.45, 2.75) is 76.9 Å². The number of aliphatic hydroxyl groups is 1. The Labute approximate surface area is 104 Å². The van der Waals surface area contributed by atoms with Crippen LogP contribution < -0.4 is 5.32 Å². The SMILES string of the molecule is CC1(C(=O)NC2CCCCC2O)CCCCC1. The summed E-state index contributed by atoms with van der Waals surface area (Å²) >= 11 is 0. The van der Waals surface area contributed by atoms with Crippen molar-refractivity contribution in [3.05, 3.63) is 0 Å². The third-order valence-corrected chi connectivity index (χ3v) is 4.55. The second kappa shape index (κ2) is 5.38. The van der Waals surface area contributed by atoms with Crippen LogP contribution in [0.5, 0.6) is 0 Å². The van der Waals surface area contributed by atoms with Crippen molar-refractivity contribution >= 4 is 5.91 Å². The van der Waals surface area contributed by atoms with Crippen LogP contribution in [0, 0.1) is 5.41 Å². The largest absolute Gasteiger partial charge is 0.391 e. The number of rotatable bonds is 2. The normalized spacial score (nSPS) is 33.1. The molecule has 2 N–H and O–H groups in total. The summed E-state index contributed by atoms with van der Waals surface area (Å²) in [6, 6.07) is -0.00463. The van der Waals surface area contributed by atoms with Crippen molar-refractivity contribution in [1.29, 1.82) is 0 Å². The van der Waals surface area contributed by atoms with Crippen molar-refractivity contribution in [3.8, 4) is 0 Å². The van der Waals surface area contributed by atoms with Gasteiger partial charge in [0.2, 0.25) is 5.91 Å². The zero-order valence-corrected chi connectivity index (χ0v) is 10.9. The van der Waals surface area contributed by atoms with Crippen LogP contribution in [0.1, 0.15) is 64.7 Å². The molecule has 0 aromatic heterocycles. The molecule has 2 saturated carbocycles. The van der Waals surface area contributed by atoms with Gasteiger partial charge >= 0.3 is 0 Å². The number of hydrogen-bond acceptors (Lipinski definition) is 2. The Morgan fingerprint density at radius 1 is 1.12 bits per heavy atom. The molecule has 98 valence electrons. The minimum Gasteiger partial charge on any atom is -0.391 e. The number of nitrogens with one attached hydrogen (secondary N) is 1. The first kappa shape index (κ1) is 12.9.